The highest BCUT2D eigenvalue weighted by Gasteiger charge is 2.33. The first kappa shape index (κ1) is 34.0. The van der Waals surface area contributed by atoms with Gasteiger partial charge in [-0.2, -0.15) is 13.2 Å². The number of halogens is 5. The molecule has 7 nitrogen and oxygen atoms in total. The van der Waals surface area contributed by atoms with Gasteiger partial charge < -0.3 is 10.2 Å². The van der Waals surface area contributed by atoms with Crippen LogP contribution in [0.1, 0.15) is 69.4 Å². The van der Waals surface area contributed by atoms with Crippen LogP contribution in [0.25, 0.3) is 0 Å². The lowest BCUT2D eigenvalue weighted by atomic mass is 9.95. The summed E-state index contributed by atoms with van der Waals surface area (Å²) in [5, 5.41) is 3.73. The molecule has 2 aromatic rings. The molecule has 0 heterocycles. The van der Waals surface area contributed by atoms with Crippen LogP contribution in [-0.4, -0.2) is 50.0 Å². The average molecular weight is 651 g/mol. The van der Waals surface area contributed by atoms with Crippen molar-refractivity contribution in [1.82, 2.24) is 10.2 Å². The molecular formula is C29H36Cl2F3N3O4S. The molecule has 0 aromatic heterocycles. The SMILES string of the molecule is CC[C@H](C(=O)NC1CCCCC1)N(Cc1ccc(Cl)c(Cl)c1)C(=O)CCCN(c1cccc(C(F)(F)F)c1)S(C)(=O)=O. The third kappa shape index (κ3) is 9.50. The van der Waals surface area contributed by atoms with Gasteiger partial charge in [-0.1, -0.05) is 61.5 Å². The highest BCUT2D eigenvalue weighted by molar-refractivity contribution is 7.92. The van der Waals surface area contributed by atoms with E-state index in [1.54, 1.807) is 25.1 Å². The van der Waals surface area contributed by atoms with Gasteiger partial charge in [-0.25, -0.2) is 8.42 Å². The number of nitrogens with one attached hydrogen (secondary N) is 1. The second-order valence-corrected chi connectivity index (χ2v) is 13.2. The van der Waals surface area contributed by atoms with Gasteiger partial charge in [0, 0.05) is 25.6 Å². The normalized spacial score (nSPS) is 15.2. The topological polar surface area (TPSA) is 86.8 Å². The van der Waals surface area contributed by atoms with Gasteiger partial charge in [-0.05, 0) is 61.6 Å². The predicted molar refractivity (Wildman–Crippen MR) is 159 cm³/mol. The van der Waals surface area contributed by atoms with Gasteiger partial charge in [0.1, 0.15) is 6.04 Å². The van der Waals surface area contributed by atoms with Crippen molar-refractivity contribution in [2.24, 2.45) is 0 Å². The predicted octanol–water partition coefficient (Wildman–Crippen LogP) is 6.81. The Bertz CT molecular complexity index is 1350. The Hall–Kier alpha value is -2.50. The fraction of sp³-hybridized carbons (Fsp3) is 0.517. The van der Waals surface area contributed by atoms with Crippen molar-refractivity contribution < 1.29 is 31.2 Å². The second kappa shape index (κ2) is 14.8. The quantitative estimate of drug-likeness (QED) is 0.274. The lowest BCUT2D eigenvalue weighted by Gasteiger charge is -2.33. The third-order valence-corrected chi connectivity index (χ3v) is 9.22. The van der Waals surface area contributed by atoms with Crippen LogP contribution in [0.2, 0.25) is 10.0 Å². The first-order valence-corrected chi connectivity index (χ1v) is 16.5. The molecule has 2 amide bonds. The van der Waals surface area contributed by atoms with Gasteiger partial charge in [-0.15, -0.1) is 0 Å². The van der Waals surface area contributed by atoms with E-state index in [-0.39, 0.29) is 43.6 Å². The summed E-state index contributed by atoms with van der Waals surface area (Å²) >= 11 is 12.2. The van der Waals surface area contributed by atoms with Crippen LogP contribution in [0.5, 0.6) is 0 Å². The lowest BCUT2D eigenvalue weighted by molar-refractivity contribution is -0.141. The smallest absolute Gasteiger partial charge is 0.352 e. The molecule has 1 atom stereocenters. The summed E-state index contributed by atoms with van der Waals surface area (Å²) in [5.74, 6) is -0.663. The zero-order valence-electron chi connectivity index (χ0n) is 23.6. The first-order valence-electron chi connectivity index (χ1n) is 13.9. The maximum Gasteiger partial charge on any atom is 0.416 e. The van der Waals surface area contributed by atoms with Crippen molar-refractivity contribution in [2.45, 2.75) is 83.1 Å². The Morgan fingerprint density at radius 2 is 1.74 bits per heavy atom. The van der Waals surface area contributed by atoms with Crippen molar-refractivity contribution in [1.29, 1.82) is 0 Å². The van der Waals surface area contributed by atoms with Gasteiger partial charge in [0.25, 0.3) is 0 Å². The molecule has 0 unspecified atom stereocenters. The number of hydrogen-bond acceptors (Lipinski definition) is 4. The molecule has 232 valence electrons. The number of alkyl halides is 3. The summed E-state index contributed by atoms with van der Waals surface area (Å²) in [6.07, 6.45) is 1.39. The number of carbonyl (C=O) groups excluding carboxylic acids is 2. The zero-order chi connectivity index (χ0) is 31.1. The number of rotatable bonds is 12. The molecule has 1 saturated carbocycles. The number of carbonyl (C=O) groups is 2. The first-order chi connectivity index (χ1) is 19.7. The van der Waals surface area contributed by atoms with E-state index in [0.29, 0.717) is 22.0 Å². The highest BCUT2D eigenvalue weighted by atomic mass is 35.5. The monoisotopic (exact) mass is 649 g/mol. The number of anilines is 1. The Balaban J connectivity index is 1.80. The molecule has 2 aromatic carbocycles. The largest absolute Gasteiger partial charge is 0.416 e. The van der Waals surface area contributed by atoms with E-state index in [9.17, 15) is 31.2 Å². The van der Waals surface area contributed by atoms with Crippen LogP contribution < -0.4 is 9.62 Å². The van der Waals surface area contributed by atoms with Crippen LogP contribution in [0.3, 0.4) is 0 Å². The van der Waals surface area contributed by atoms with Gasteiger partial charge in [0.15, 0.2) is 0 Å². The number of hydrogen-bond donors (Lipinski definition) is 1. The number of sulfonamides is 1. The van der Waals surface area contributed by atoms with E-state index in [0.717, 1.165) is 60.9 Å². The third-order valence-electron chi connectivity index (χ3n) is 7.29. The maximum atomic E-state index is 13.6. The van der Waals surface area contributed by atoms with Crippen molar-refractivity contribution in [2.75, 3.05) is 17.1 Å². The van der Waals surface area contributed by atoms with Gasteiger partial charge in [-0.3, -0.25) is 13.9 Å². The van der Waals surface area contributed by atoms with Crippen molar-refractivity contribution in [3.05, 3.63) is 63.6 Å². The van der Waals surface area contributed by atoms with Crippen LogP contribution in [0.15, 0.2) is 42.5 Å². The van der Waals surface area contributed by atoms with E-state index < -0.39 is 33.7 Å². The maximum absolute atomic E-state index is 13.6. The molecule has 1 N–H and O–H groups in total. The average Bonchev–Trinajstić information content (AvgIpc) is 2.92. The number of amides is 2. The summed E-state index contributed by atoms with van der Waals surface area (Å²) in [7, 11) is -3.96. The zero-order valence-corrected chi connectivity index (χ0v) is 25.9. The standard InChI is InChI=1S/C29H36Cl2F3N3O4S/c1-3-26(28(39)35-22-10-5-4-6-11-22)36(19-20-14-15-24(30)25(31)17-20)27(38)13-8-16-37(42(2,40)41)23-12-7-9-21(18-23)29(32,33)34/h7,9,12,14-15,17-18,22,26H,3-6,8,10-11,13,16,19H2,1-2H3,(H,35,39)/t26-/m1/s1. The van der Waals surface area contributed by atoms with Crippen molar-refractivity contribution in [3.63, 3.8) is 0 Å². The molecule has 1 aliphatic rings. The molecule has 0 bridgehead atoms. The molecule has 0 radical (unpaired) electrons. The number of nitrogens with zero attached hydrogens (tertiary/aromatic N) is 2. The van der Waals surface area contributed by atoms with E-state index in [2.05, 4.69) is 5.32 Å². The van der Waals surface area contributed by atoms with Crippen LogP contribution in [-0.2, 0) is 32.3 Å². The fourth-order valence-corrected chi connectivity index (χ4v) is 6.42. The van der Waals surface area contributed by atoms with Gasteiger partial charge in [0.2, 0.25) is 21.8 Å². The van der Waals surface area contributed by atoms with E-state index >= 15 is 0 Å². The van der Waals surface area contributed by atoms with Gasteiger partial charge in [0.05, 0.1) is 27.6 Å². The molecule has 1 fully saturated rings. The molecule has 0 spiro atoms. The number of benzene rings is 2. The molecule has 0 saturated heterocycles. The molecular weight excluding hydrogens is 614 g/mol. The van der Waals surface area contributed by atoms with E-state index in [1.807, 2.05) is 0 Å². The minimum Gasteiger partial charge on any atom is -0.352 e. The van der Waals surface area contributed by atoms with Crippen LogP contribution in [0, 0.1) is 0 Å². The summed E-state index contributed by atoms with van der Waals surface area (Å²) in [4.78, 5) is 28.5. The second-order valence-electron chi connectivity index (χ2n) is 10.5. The minimum absolute atomic E-state index is 0.0146. The summed E-state index contributed by atoms with van der Waals surface area (Å²) in [5.41, 5.74) is -0.471. The van der Waals surface area contributed by atoms with E-state index in [1.165, 1.54) is 11.0 Å². The lowest BCUT2D eigenvalue weighted by Crippen LogP contribution is -2.51. The summed E-state index contributed by atoms with van der Waals surface area (Å²) in [6, 6.07) is 8.22. The molecule has 42 heavy (non-hydrogen) atoms. The minimum atomic E-state index is -4.65. The summed E-state index contributed by atoms with van der Waals surface area (Å²) in [6.45, 7) is 1.65. The Morgan fingerprint density at radius 1 is 1.05 bits per heavy atom. The molecule has 13 heteroatoms. The van der Waals surface area contributed by atoms with Crippen molar-refractivity contribution in [3.8, 4) is 0 Å². The fourth-order valence-electron chi connectivity index (χ4n) is 5.14. The van der Waals surface area contributed by atoms with Crippen LogP contribution in [0.4, 0.5) is 18.9 Å². The Kier molecular flexibility index (Phi) is 12.0. The Morgan fingerprint density at radius 3 is 2.33 bits per heavy atom. The summed E-state index contributed by atoms with van der Waals surface area (Å²) < 4.78 is 65.6. The molecule has 3 rings (SSSR count). The highest BCUT2D eigenvalue weighted by Crippen LogP contribution is 2.32. The molecule has 1 aliphatic carbocycles. The molecule has 0 aliphatic heterocycles. The Labute approximate surface area is 255 Å². The van der Waals surface area contributed by atoms with E-state index in [4.69, 9.17) is 23.2 Å². The van der Waals surface area contributed by atoms with Gasteiger partial charge >= 0.3 is 6.18 Å². The van der Waals surface area contributed by atoms with Crippen molar-refractivity contribution >= 4 is 50.7 Å². The van der Waals surface area contributed by atoms with Crippen LogP contribution >= 0.6 is 23.2 Å².